The fourth-order valence-corrected chi connectivity index (χ4v) is 4.88. The minimum Gasteiger partial charge on any atom is -0.367 e. The number of fused-ring (bicyclic) bond motifs is 1. The standard InChI is InChI=1S/C21H22N8O2S/c1-12-8-23-20(27-26-12)25-14-4-3-13(7-14)24-18-6-5-15(9-22-18)29-19(30)16-10-32-11-17(16)28(2)21(29)31/h5-6,8-11,13-14H,3-4,7H2,1-2H3,(H,22,24)(H,23,25,27)/t13-,14-/m0/s1. The van der Waals surface area contributed by atoms with Crippen molar-refractivity contribution in [2.24, 2.45) is 7.05 Å². The highest BCUT2D eigenvalue weighted by atomic mass is 32.1. The van der Waals surface area contributed by atoms with E-state index in [-0.39, 0.29) is 23.3 Å². The van der Waals surface area contributed by atoms with E-state index < -0.39 is 0 Å². The molecule has 2 atom stereocenters. The number of aromatic nitrogens is 6. The molecule has 0 unspecified atom stereocenters. The quantitative estimate of drug-likeness (QED) is 0.474. The summed E-state index contributed by atoms with van der Waals surface area (Å²) in [5, 5.41) is 18.9. The third kappa shape index (κ3) is 3.75. The van der Waals surface area contributed by atoms with Crippen LogP contribution in [0.5, 0.6) is 0 Å². The van der Waals surface area contributed by atoms with Gasteiger partial charge in [-0.05, 0) is 38.3 Å². The maximum absolute atomic E-state index is 12.8. The largest absolute Gasteiger partial charge is 0.367 e. The smallest absolute Gasteiger partial charge is 0.335 e. The normalized spacial score (nSPS) is 18.2. The number of nitrogens with zero attached hydrogens (tertiary/aromatic N) is 6. The van der Waals surface area contributed by atoms with Crippen molar-refractivity contribution in [2.75, 3.05) is 10.6 Å². The first-order chi connectivity index (χ1) is 15.5. The third-order valence-corrected chi connectivity index (χ3v) is 6.45. The van der Waals surface area contributed by atoms with Crippen LogP contribution in [0.1, 0.15) is 25.0 Å². The monoisotopic (exact) mass is 450 g/mol. The molecule has 2 N–H and O–H groups in total. The second kappa shape index (κ2) is 8.15. The number of pyridine rings is 1. The molecule has 1 saturated carbocycles. The molecule has 4 aromatic rings. The van der Waals surface area contributed by atoms with E-state index in [1.54, 1.807) is 42.3 Å². The van der Waals surface area contributed by atoms with Crippen molar-refractivity contribution in [2.45, 2.75) is 38.3 Å². The Labute approximate surface area is 187 Å². The second-order valence-corrected chi connectivity index (χ2v) is 8.72. The lowest BCUT2D eigenvalue weighted by Crippen LogP contribution is -2.37. The predicted octanol–water partition coefficient (Wildman–Crippen LogP) is 2.08. The van der Waals surface area contributed by atoms with Crippen molar-refractivity contribution in [1.82, 2.24) is 29.3 Å². The Kier molecular flexibility index (Phi) is 5.17. The van der Waals surface area contributed by atoms with Crippen LogP contribution >= 0.6 is 11.3 Å². The summed E-state index contributed by atoms with van der Waals surface area (Å²) in [5.74, 6) is 1.24. The molecular formula is C21H22N8O2S. The van der Waals surface area contributed by atoms with E-state index in [0.717, 1.165) is 29.5 Å². The van der Waals surface area contributed by atoms with Crippen molar-refractivity contribution >= 4 is 34.0 Å². The Bertz CT molecular complexity index is 1370. The summed E-state index contributed by atoms with van der Waals surface area (Å²) in [6, 6.07) is 4.05. The van der Waals surface area contributed by atoms with Crippen LogP contribution in [0.3, 0.4) is 0 Å². The SMILES string of the molecule is Cc1cnc(N[C@H]2CC[C@H](Nc3ccc(-n4c(=O)c5cscc5n(C)c4=O)cn3)C2)nn1. The predicted molar refractivity (Wildman–Crippen MR) is 124 cm³/mol. The topological polar surface area (TPSA) is 120 Å². The zero-order valence-corrected chi connectivity index (χ0v) is 18.5. The van der Waals surface area contributed by atoms with Gasteiger partial charge in [0.25, 0.3) is 5.56 Å². The number of rotatable bonds is 5. The Morgan fingerprint density at radius 1 is 1.03 bits per heavy atom. The molecule has 11 heteroatoms. The number of thiophene rings is 1. The first kappa shape index (κ1) is 20.3. The van der Waals surface area contributed by atoms with E-state index >= 15 is 0 Å². The minimum absolute atomic E-state index is 0.252. The van der Waals surface area contributed by atoms with Crippen LogP contribution in [0.25, 0.3) is 16.6 Å². The molecule has 1 fully saturated rings. The van der Waals surface area contributed by atoms with Crippen LogP contribution in [0.4, 0.5) is 11.8 Å². The van der Waals surface area contributed by atoms with Gasteiger partial charge in [-0.1, -0.05) is 0 Å². The molecule has 0 bridgehead atoms. The van der Waals surface area contributed by atoms with Gasteiger partial charge in [0, 0.05) is 29.9 Å². The average molecular weight is 451 g/mol. The van der Waals surface area contributed by atoms with Gasteiger partial charge in [-0.2, -0.15) is 5.10 Å². The van der Waals surface area contributed by atoms with Crippen LogP contribution in [0.15, 0.2) is 44.9 Å². The van der Waals surface area contributed by atoms with Gasteiger partial charge < -0.3 is 10.6 Å². The highest BCUT2D eigenvalue weighted by molar-refractivity contribution is 7.09. The third-order valence-electron chi connectivity index (χ3n) is 5.71. The van der Waals surface area contributed by atoms with Crippen molar-refractivity contribution in [1.29, 1.82) is 0 Å². The molecule has 0 aromatic carbocycles. The van der Waals surface area contributed by atoms with Gasteiger partial charge in [0.15, 0.2) is 0 Å². The van der Waals surface area contributed by atoms with Crippen LogP contribution in [0, 0.1) is 6.92 Å². The summed E-state index contributed by atoms with van der Waals surface area (Å²) < 4.78 is 2.65. The van der Waals surface area contributed by atoms with Crippen molar-refractivity contribution < 1.29 is 0 Å². The molecule has 0 spiro atoms. The Morgan fingerprint density at radius 2 is 1.84 bits per heavy atom. The molecule has 0 amide bonds. The van der Waals surface area contributed by atoms with Gasteiger partial charge in [0.1, 0.15) is 5.82 Å². The molecule has 0 aliphatic heterocycles. The van der Waals surface area contributed by atoms with E-state index in [9.17, 15) is 9.59 Å². The lowest BCUT2D eigenvalue weighted by Gasteiger charge is -2.15. The number of hydrogen-bond acceptors (Lipinski definition) is 9. The fourth-order valence-electron chi connectivity index (χ4n) is 4.04. The average Bonchev–Trinajstić information content (AvgIpc) is 3.45. The lowest BCUT2D eigenvalue weighted by atomic mass is 10.2. The molecule has 0 saturated heterocycles. The Balaban J connectivity index is 1.29. The van der Waals surface area contributed by atoms with E-state index in [1.165, 1.54) is 15.9 Å². The van der Waals surface area contributed by atoms with Crippen LogP contribution in [-0.4, -0.2) is 41.4 Å². The number of anilines is 2. The summed E-state index contributed by atoms with van der Waals surface area (Å²) in [7, 11) is 1.67. The molecule has 5 rings (SSSR count). The van der Waals surface area contributed by atoms with E-state index in [4.69, 9.17) is 0 Å². The Hall–Kier alpha value is -3.60. The van der Waals surface area contributed by atoms with Crippen LogP contribution < -0.4 is 21.9 Å². The highest BCUT2D eigenvalue weighted by Gasteiger charge is 2.25. The van der Waals surface area contributed by atoms with E-state index in [0.29, 0.717) is 28.4 Å². The molecular weight excluding hydrogens is 428 g/mol. The molecule has 0 radical (unpaired) electrons. The molecule has 164 valence electrons. The lowest BCUT2D eigenvalue weighted by molar-refractivity contribution is 0.712. The zero-order chi connectivity index (χ0) is 22.2. The van der Waals surface area contributed by atoms with E-state index in [2.05, 4.69) is 30.8 Å². The van der Waals surface area contributed by atoms with Crippen molar-refractivity contribution in [3.63, 3.8) is 0 Å². The van der Waals surface area contributed by atoms with Gasteiger partial charge in [0.2, 0.25) is 5.95 Å². The minimum atomic E-state index is -0.388. The first-order valence-electron chi connectivity index (χ1n) is 10.3. The number of aryl methyl sites for hydroxylation is 2. The summed E-state index contributed by atoms with van der Waals surface area (Å²) in [4.78, 5) is 34.3. The Morgan fingerprint density at radius 3 is 2.56 bits per heavy atom. The fraction of sp³-hybridized carbons (Fsp3) is 0.333. The van der Waals surface area contributed by atoms with Gasteiger partial charge in [-0.25, -0.2) is 19.3 Å². The number of nitrogens with one attached hydrogen (secondary N) is 2. The number of hydrogen-bond donors (Lipinski definition) is 2. The molecule has 32 heavy (non-hydrogen) atoms. The van der Waals surface area contributed by atoms with E-state index in [1.807, 2.05) is 6.92 Å². The molecule has 1 aliphatic carbocycles. The second-order valence-electron chi connectivity index (χ2n) is 7.97. The van der Waals surface area contributed by atoms with Crippen LogP contribution in [0.2, 0.25) is 0 Å². The maximum atomic E-state index is 12.8. The zero-order valence-electron chi connectivity index (χ0n) is 17.6. The van der Waals surface area contributed by atoms with Crippen LogP contribution in [-0.2, 0) is 7.05 Å². The van der Waals surface area contributed by atoms with Gasteiger partial charge >= 0.3 is 5.69 Å². The summed E-state index contributed by atoms with van der Waals surface area (Å²) in [5.41, 5.74) is 1.16. The van der Waals surface area contributed by atoms with Gasteiger partial charge in [-0.15, -0.1) is 16.4 Å². The first-order valence-corrected chi connectivity index (χ1v) is 11.3. The highest BCUT2D eigenvalue weighted by Crippen LogP contribution is 2.24. The van der Waals surface area contributed by atoms with Crippen molar-refractivity contribution in [3.05, 3.63) is 61.8 Å². The molecule has 1 aliphatic rings. The van der Waals surface area contributed by atoms with Gasteiger partial charge in [0.05, 0.1) is 34.7 Å². The molecule has 10 nitrogen and oxygen atoms in total. The summed E-state index contributed by atoms with van der Waals surface area (Å²) >= 11 is 1.40. The summed E-state index contributed by atoms with van der Waals surface area (Å²) in [6.45, 7) is 1.85. The maximum Gasteiger partial charge on any atom is 0.335 e. The van der Waals surface area contributed by atoms with Crippen molar-refractivity contribution in [3.8, 4) is 5.69 Å². The molecule has 4 aromatic heterocycles. The summed E-state index contributed by atoms with van der Waals surface area (Å²) in [6.07, 6.45) is 6.11. The van der Waals surface area contributed by atoms with Gasteiger partial charge in [-0.3, -0.25) is 9.36 Å². The molecule has 4 heterocycles.